The summed E-state index contributed by atoms with van der Waals surface area (Å²) < 4.78 is 35.9. The van der Waals surface area contributed by atoms with E-state index in [0.29, 0.717) is 10.2 Å². The molecule has 0 radical (unpaired) electrons. The van der Waals surface area contributed by atoms with Crippen molar-refractivity contribution >= 4 is 37.3 Å². The third-order valence-corrected chi connectivity index (χ3v) is 6.11. The first-order valence-corrected chi connectivity index (χ1v) is 10.6. The van der Waals surface area contributed by atoms with Gasteiger partial charge in [-0.05, 0) is 42.5 Å². The molecule has 0 saturated heterocycles. The lowest BCUT2D eigenvalue weighted by Gasteiger charge is -2.12. The number of anilines is 1. The number of rotatable bonds is 5. The maximum absolute atomic E-state index is 12.8. The molecule has 6 nitrogen and oxygen atoms in total. The lowest BCUT2D eigenvalue weighted by atomic mass is 10.1. The first kappa shape index (κ1) is 18.5. The van der Waals surface area contributed by atoms with Crippen molar-refractivity contribution in [3.63, 3.8) is 0 Å². The SMILES string of the molecule is COc1ccc(Br)cc1S(=O)(=O)Nc1ccc(-c2cn3ccccc3n2)cc1. The van der Waals surface area contributed by atoms with Gasteiger partial charge in [0.2, 0.25) is 0 Å². The van der Waals surface area contributed by atoms with Crippen LogP contribution >= 0.6 is 15.9 Å². The van der Waals surface area contributed by atoms with Gasteiger partial charge in [-0.3, -0.25) is 4.72 Å². The summed E-state index contributed by atoms with van der Waals surface area (Å²) in [6.07, 6.45) is 3.86. The van der Waals surface area contributed by atoms with E-state index >= 15 is 0 Å². The second kappa shape index (κ2) is 7.29. The lowest BCUT2D eigenvalue weighted by molar-refractivity contribution is 0.403. The quantitative estimate of drug-likeness (QED) is 0.476. The van der Waals surface area contributed by atoms with Crippen LogP contribution in [-0.4, -0.2) is 24.9 Å². The highest BCUT2D eigenvalue weighted by Crippen LogP contribution is 2.29. The van der Waals surface area contributed by atoms with E-state index in [2.05, 4.69) is 25.6 Å². The Balaban J connectivity index is 1.61. The van der Waals surface area contributed by atoms with Gasteiger partial charge >= 0.3 is 0 Å². The molecule has 142 valence electrons. The van der Waals surface area contributed by atoms with E-state index in [4.69, 9.17) is 4.74 Å². The molecule has 0 aliphatic heterocycles. The molecule has 4 aromatic rings. The smallest absolute Gasteiger partial charge is 0.265 e. The monoisotopic (exact) mass is 457 g/mol. The van der Waals surface area contributed by atoms with Crippen LogP contribution in [0.4, 0.5) is 5.69 Å². The molecule has 0 aliphatic rings. The molecule has 0 spiro atoms. The molecular formula is C20H16BrN3O3S. The van der Waals surface area contributed by atoms with Crippen molar-refractivity contribution in [1.82, 2.24) is 9.38 Å². The number of ether oxygens (including phenoxy) is 1. The van der Waals surface area contributed by atoms with Gasteiger partial charge in [0.25, 0.3) is 10.0 Å². The Hall–Kier alpha value is -2.84. The number of hydrogen-bond acceptors (Lipinski definition) is 4. The summed E-state index contributed by atoms with van der Waals surface area (Å²) in [7, 11) is -2.36. The number of aromatic nitrogens is 2. The standard InChI is InChI=1S/C20H16BrN3O3S/c1-27-18-10-7-15(21)12-19(18)28(25,26)23-16-8-5-14(6-9-16)17-13-24-11-3-2-4-20(24)22-17/h2-13,23H,1H3. The van der Waals surface area contributed by atoms with E-state index in [9.17, 15) is 8.42 Å². The molecule has 0 amide bonds. The molecule has 1 N–H and O–H groups in total. The third kappa shape index (κ3) is 3.61. The number of pyridine rings is 1. The van der Waals surface area contributed by atoms with Crippen molar-refractivity contribution in [2.45, 2.75) is 4.90 Å². The van der Waals surface area contributed by atoms with Crippen LogP contribution in [0.25, 0.3) is 16.9 Å². The summed E-state index contributed by atoms with van der Waals surface area (Å²) in [5, 5.41) is 0. The van der Waals surface area contributed by atoms with Crippen LogP contribution in [0.1, 0.15) is 0 Å². The molecule has 2 aromatic heterocycles. The van der Waals surface area contributed by atoms with Gasteiger partial charge in [0.05, 0.1) is 12.8 Å². The summed E-state index contributed by atoms with van der Waals surface area (Å²) in [5.74, 6) is 0.275. The second-order valence-corrected chi connectivity index (χ2v) is 8.64. The molecule has 0 unspecified atom stereocenters. The van der Waals surface area contributed by atoms with E-state index in [0.717, 1.165) is 16.9 Å². The van der Waals surface area contributed by atoms with Crippen LogP contribution in [-0.2, 0) is 10.0 Å². The normalized spacial score (nSPS) is 11.5. The maximum atomic E-state index is 12.8. The summed E-state index contributed by atoms with van der Waals surface area (Å²) in [6.45, 7) is 0. The minimum absolute atomic E-state index is 0.0637. The molecule has 0 fully saturated rings. The van der Waals surface area contributed by atoms with Crippen LogP contribution in [0, 0.1) is 0 Å². The van der Waals surface area contributed by atoms with Crippen LogP contribution in [0.5, 0.6) is 5.75 Å². The summed E-state index contributed by atoms with van der Waals surface area (Å²) >= 11 is 3.30. The predicted molar refractivity (Wildman–Crippen MR) is 112 cm³/mol. The zero-order valence-electron chi connectivity index (χ0n) is 14.8. The van der Waals surface area contributed by atoms with Gasteiger partial charge < -0.3 is 9.14 Å². The van der Waals surface area contributed by atoms with Gasteiger partial charge in [-0.15, -0.1) is 0 Å². The molecule has 8 heteroatoms. The van der Waals surface area contributed by atoms with Crippen LogP contribution in [0.2, 0.25) is 0 Å². The van der Waals surface area contributed by atoms with Crippen LogP contribution < -0.4 is 9.46 Å². The Morgan fingerprint density at radius 1 is 1.07 bits per heavy atom. The van der Waals surface area contributed by atoms with Crippen molar-refractivity contribution in [2.75, 3.05) is 11.8 Å². The Bertz CT molecular complexity index is 1220. The fourth-order valence-corrected chi connectivity index (χ4v) is 4.62. The molecule has 0 aliphatic carbocycles. The predicted octanol–water partition coefficient (Wildman–Crippen LogP) is 4.57. The van der Waals surface area contributed by atoms with Gasteiger partial charge in [-0.25, -0.2) is 13.4 Å². The first-order chi connectivity index (χ1) is 13.5. The van der Waals surface area contributed by atoms with Crippen molar-refractivity contribution < 1.29 is 13.2 Å². The second-order valence-electron chi connectivity index (χ2n) is 6.07. The molecule has 28 heavy (non-hydrogen) atoms. The van der Waals surface area contributed by atoms with Crippen molar-refractivity contribution in [1.29, 1.82) is 0 Å². The number of methoxy groups -OCH3 is 1. The Kier molecular flexibility index (Phi) is 4.82. The van der Waals surface area contributed by atoms with Gasteiger partial charge in [-0.2, -0.15) is 0 Å². The molecule has 0 bridgehead atoms. The average molecular weight is 458 g/mol. The topological polar surface area (TPSA) is 72.7 Å². The van der Waals surface area contributed by atoms with E-state index in [1.807, 2.05) is 47.1 Å². The fraction of sp³-hybridized carbons (Fsp3) is 0.0500. The zero-order valence-corrected chi connectivity index (χ0v) is 17.2. The number of imidazole rings is 1. The van der Waals surface area contributed by atoms with Crippen LogP contribution in [0.3, 0.4) is 0 Å². The van der Waals surface area contributed by atoms with Crippen molar-refractivity contribution in [3.8, 4) is 17.0 Å². The number of halogens is 1. The van der Waals surface area contributed by atoms with E-state index in [1.165, 1.54) is 13.2 Å². The summed E-state index contributed by atoms with van der Waals surface area (Å²) in [5.41, 5.74) is 3.01. The lowest BCUT2D eigenvalue weighted by Crippen LogP contribution is -2.14. The maximum Gasteiger partial charge on any atom is 0.265 e. The van der Waals surface area contributed by atoms with Crippen LogP contribution in [0.15, 0.2) is 82.4 Å². The van der Waals surface area contributed by atoms with E-state index in [-0.39, 0.29) is 10.6 Å². The van der Waals surface area contributed by atoms with Crippen molar-refractivity contribution in [3.05, 3.63) is 77.5 Å². The molecule has 0 atom stereocenters. The summed E-state index contributed by atoms with van der Waals surface area (Å²) in [4.78, 5) is 4.63. The Labute approximate surface area is 171 Å². The minimum Gasteiger partial charge on any atom is -0.495 e. The largest absolute Gasteiger partial charge is 0.495 e. The zero-order chi connectivity index (χ0) is 19.7. The Morgan fingerprint density at radius 2 is 1.86 bits per heavy atom. The van der Waals surface area contributed by atoms with Gasteiger partial charge in [-0.1, -0.05) is 34.1 Å². The van der Waals surface area contributed by atoms with E-state index < -0.39 is 10.0 Å². The molecular weight excluding hydrogens is 442 g/mol. The van der Waals surface area contributed by atoms with Gasteiger partial charge in [0, 0.05) is 28.1 Å². The van der Waals surface area contributed by atoms with Gasteiger partial charge in [0.15, 0.2) is 0 Å². The van der Waals surface area contributed by atoms with Gasteiger partial charge in [0.1, 0.15) is 16.3 Å². The molecule has 0 saturated carbocycles. The molecule has 2 aromatic carbocycles. The summed E-state index contributed by atoms with van der Waals surface area (Å²) in [6, 6.07) is 17.7. The molecule has 2 heterocycles. The number of fused-ring (bicyclic) bond motifs is 1. The first-order valence-electron chi connectivity index (χ1n) is 8.37. The fourth-order valence-electron chi connectivity index (χ4n) is 2.85. The highest BCUT2D eigenvalue weighted by atomic mass is 79.9. The van der Waals surface area contributed by atoms with Crippen molar-refractivity contribution in [2.24, 2.45) is 0 Å². The minimum atomic E-state index is -3.80. The number of hydrogen-bond donors (Lipinski definition) is 1. The highest BCUT2D eigenvalue weighted by molar-refractivity contribution is 9.10. The number of sulfonamides is 1. The Morgan fingerprint density at radius 3 is 2.57 bits per heavy atom. The molecule has 4 rings (SSSR count). The van der Waals surface area contributed by atoms with E-state index in [1.54, 1.807) is 24.3 Å². The number of benzene rings is 2. The average Bonchev–Trinajstić information content (AvgIpc) is 3.12. The highest BCUT2D eigenvalue weighted by Gasteiger charge is 2.20. The number of nitrogens with zero attached hydrogens (tertiary/aromatic N) is 2. The third-order valence-electron chi connectivity index (χ3n) is 4.21. The number of nitrogens with one attached hydrogen (secondary N) is 1.